The smallest absolute Gasteiger partial charge is 0.254 e. The van der Waals surface area contributed by atoms with Crippen LogP contribution in [0.15, 0.2) is 23.1 Å². The number of nitrogens with one attached hydrogen (secondary N) is 2. The minimum atomic E-state index is -0.105. The Balaban J connectivity index is 1.74. The molecule has 0 saturated heterocycles. The number of nitrogens with zero attached hydrogens (tertiary/aromatic N) is 2. The van der Waals surface area contributed by atoms with Gasteiger partial charge in [-0.3, -0.25) is 4.79 Å². The molecule has 0 spiro atoms. The van der Waals surface area contributed by atoms with Gasteiger partial charge in [-0.25, -0.2) is 9.97 Å². The minimum absolute atomic E-state index is 0.105. The Morgan fingerprint density at radius 2 is 2.13 bits per heavy atom. The van der Waals surface area contributed by atoms with Crippen molar-refractivity contribution in [1.82, 2.24) is 15.0 Å². The lowest BCUT2D eigenvalue weighted by molar-refractivity contribution is 0.108. The third-order valence-electron chi connectivity index (χ3n) is 4.50. The van der Waals surface area contributed by atoms with Gasteiger partial charge in [-0.05, 0) is 45.2 Å². The monoisotopic (exact) mass is 314 g/mol. The molecule has 1 aliphatic rings. The summed E-state index contributed by atoms with van der Waals surface area (Å²) < 4.78 is 5.39. The number of aromatic amines is 1. The quantitative estimate of drug-likeness (QED) is 0.906. The van der Waals surface area contributed by atoms with Gasteiger partial charge < -0.3 is 15.0 Å². The van der Waals surface area contributed by atoms with Crippen molar-refractivity contribution in [2.45, 2.75) is 45.3 Å². The number of aromatic nitrogens is 3. The third kappa shape index (κ3) is 3.42. The van der Waals surface area contributed by atoms with Gasteiger partial charge in [0.05, 0.1) is 6.10 Å². The molecule has 0 bridgehead atoms. The average Bonchev–Trinajstić information content (AvgIpc) is 3.00. The predicted molar refractivity (Wildman–Crippen MR) is 89.6 cm³/mol. The number of anilines is 1. The van der Waals surface area contributed by atoms with Crippen molar-refractivity contribution in [1.29, 1.82) is 0 Å². The van der Waals surface area contributed by atoms with Crippen LogP contribution in [0.25, 0.3) is 11.4 Å². The molecule has 0 aliphatic heterocycles. The molecule has 23 heavy (non-hydrogen) atoms. The van der Waals surface area contributed by atoms with Crippen molar-refractivity contribution in [3.8, 4) is 11.4 Å². The van der Waals surface area contributed by atoms with Crippen LogP contribution in [0.4, 0.5) is 5.82 Å². The summed E-state index contributed by atoms with van der Waals surface area (Å²) in [6, 6.07) is 4.24. The van der Waals surface area contributed by atoms with E-state index >= 15 is 0 Å². The first-order valence-corrected chi connectivity index (χ1v) is 7.90. The van der Waals surface area contributed by atoms with Gasteiger partial charge in [0, 0.05) is 36.2 Å². The van der Waals surface area contributed by atoms with Crippen molar-refractivity contribution >= 4 is 5.82 Å². The molecule has 0 radical (unpaired) electrons. The summed E-state index contributed by atoms with van der Waals surface area (Å²) in [7, 11) is 1.76. The van der Waals surface area contributed by atoms with Gasteiger partial charge in [0.25, 0.3) is 5.56 Å². The minimum Gasteiger partial charge on any atom is -0.381 e. The van der Waals surface area contributed by atoms with Crippen LogP contribution < -0.4 is 10.9 Å². The maximum absolute atomic E-state index is 11.9. The van der Waals surface area contributed by atoms with Crippen molar-refractivity contribution in [2.24, 2.45) is 0 Å². The summed E-state index contributed by atoms with van der Waals surface area (Å²) in [5.41, 5.74) is 2.08. The Morgan fingerprint density at radius 1 is 1.30 bits per heavy atom. The molecule has 6 nitrogen and oxygen atoms in total. The zero-order valence-electron chi connectivity index (χ0n) is 13.7. The molecule has 2 unspecified atom stereocenters. The fourth-order valence-electron chi connectivity index (χ4n) is 2.90. The number of aryl methyl sites for hydroxylation is 1. The highest BCUT2D eigenvalue weighted by molar-refractivity contribution is 5.56. The van der Waals surface area contributed by atoms with Crippen LogP contribution in [-0.4, -0.2) is 34.2 Å². The second-order valence-electron chi connectivity index (χ2n) is 6.07. The van der Waals surface area contributed by atoms with Crippen LogP contribution in [-0.2, 0) is 4.74 Å². The van der Waals surface area contributed by atoms with Crippen LogP contribution in [0.3, 0.4) is 0 Å². The summed E-state index contributed by atoms with van der Waals surface area (Å²) in [4.78, 5) is 23.5. The summed E-state index contributed by atoms with van der Waals surface area (Å²) in [5, 5.41) is 3.43. The molecule has 2 aromatic heterocycles. The van der Waals surface area contributed by atoms with E-state index in [1.165, 1.54) is 0 Å². The summed E-state index contributed by atoms with van der Waals surface area (Å²) in [6.45, 7) is 3.61. The van der Waals surface area contributed by atoms with Crippen LogP contribution in [0.2, 0.25) is 0 Å². The topological polar surface area (TPSA) is 79.9 Å². The van der Waals surface area contributed by atoms with E-state index in [0.717, 1.165) is 36.3 Å². The van der Waals surface area contributed by atoms with E-state index in [2.05, 4.69) is 20.3 Å². The number of hydrogen-bond donors (Lipinski definition) is 2. The van der Waals surface area contributed by atoms with E-state index in [0.29, 0.717) is 23.5 Å². The zero-order chi connectivity index (χ0) is 16.4. The van der Waals surface area contributed by atoms with Gasteiger partial charge in [-0.1, -0.05) is 0 Å². The lowest BCUT2D eigenvalue weighted by Crippen LogP contribution is -2.18. The molecule has 2 atom stereocenters. The molecule has 1 fully saturated rings. The van der Waals surface area contributed by atoms with Gasteiger partial charge in [0.15, 0.2) is 0 Å². The van der Waals surface area contributed by atoms with E-state index in [1.54, 1.807) is 20.2 Å². The molecule has 0 aromatic carbocycles. The van der Waals surface area contributed by atoms with Gasteiger partial charge >= 0.3 is 0 Å². The van der Waals surface area contributed by atoms with Crippen molar-refractivity contribution in [3.63, 3.8) is 0 Å². The number of pyridine rings is 1. The second-order valence-corrected chi connectivity index (χ2v) is 6.07. The van der Waals surface area contributed by atoms with Gasteiger partial charge in [-0.15, -0.1) is 0 Å². The molecule has 2 aromatic rings. The van der Waals surface area contributed by atoms with Crippen LogP contribution in [0.5, 0.6) is 0 Å². The first kappa shape index (κ1) is 15.7. The lowest BCUT2D eigenvalue weighted by atomic mass is 10.2. The number of ether oxygens (including phenoxy) is 1. The Bertz CT molecular complexity index is 739. The summed E-state index contributed by atoms with van der Waals surface area (Å²) >= 11 is 0. The van der Waals surface area contributed by atoms with Crippen molar-refractivity contribution in [3.05, 3.63) is 39.9 Å². The number of hydrogen-bond acceptors (Lipinski definition) is 5. The molecular weight excluding hydrogens is 292 g/mol. The van der Waals surface area contributed by atoms with Crippen LogP contribution >= 0.6 is 0 Å². The summed E-state index contributed by atoms with van der Waals surface area (Å²) in [6.07, 6.45) is 5.26. The molecule has 1 saturated carbocycles. The fourth-order valence-corrected chi connectivity index (χ4v) is 2.90. The van der Waals surface area contributed by atoms with E-state index < -0.39 is 0 Å². The second kappa shape index (κ2) is 6.50. The standard InChI is InChI=1S/C17H22N4O2/c1-10-11(2)19-16(21-17(10)22)12-4-7-15(18-9-12)20-13-5-6-14(8-13)23-3/h4,7,9,13-14H,5-6,8H2,1-3H3,(H,18,20)(H,19,21,22). The maximum atomic E-state index is 11.9. The molecule has 2 N–H and O–H groups in total. The van der Waals surface area contributed by atoms with E-state index in [-0.39, 0.29) is 5.56 Å². The zero-order valence-corrected chi connectivity index (χ0v) is 13.7. The van der Waals surface area contributed by atoms with E-state index in [1.807, 2.05) is 19.1 Å². The Morgan fingerprint density at radius 3 is 2.74 bits per heavy atom. The molecular formula is C17H22N4O2. The SMILES string of the molecule is COC1CCC(Nc2ccc(-c3nc(C)c(C)c(=O)[nH]3)cn2)C1. The number of rotatable bonds is 4. The fraction of sp³-hybridized carbons (Fsp3) is 0.471. The Labute approximate surface area is 135 Å². The largest absolute Gasteiger partial charge is 0.381 e. The van der Waals surface area contributed by atoms with Crippen molar-refractivity contribution in [2.75, 3.05) is 12.4 Å². The Hall–Kier alpha value is -2.21. The molecule has 3 rings (SSSR count). The first-order chi connectivity index (χ1) is 11.1. The van der Waals surface area contributed by atoms with Gasteiger partial charge in [-0.2, -0.15) is 0 Å². The molecule has 6 heteroatoms. The lowest BCUT2D eigenvalue weighted by Gasteiger charge is -2.13. The molecule has 2 heterocycles. The highest BCUT2D eigenvalue weighted by atomic mass is 16.5. The first-order valence-electron chi connectivity index (χ1n) is 7.90. The van der Waals surface area contributed by atoms with Crippen LogP contribution in [0.1, 0.15) is 30.5 Å². The summed E-state index contributed by atoms with van der Waals surface area (Å²) in [5.74, 6) is 1.39. The molecule has 1 aliphatic carbocycles. The van der Waals surface area contributed by atoms with Gasteiger partial charge in [0.2, 0.25) is 0 Å². The maximum Gasteiger partial charge on any atom is 0.254 e. The normalized spacial score (nSPS) is 20.7. The number of methoxy groups -OCH3 is 1. The number of H-pyrrole nitrogens is 1. The molecule has 0 amide bonds. The average molecular weight is 314 g/mol. The Kier molecular flexibility index (Phi) is 4.43. The highest BCUT2D eigenvalue weighted by Gasteiger charge is 2.24. The van der Waals surface area contributed by atoms with Gasteiger partial charge in [0.1, 0.15) is 11.6 Å². The highest BCUT2D eigenvalue weighted by Crippen LogP contribution is 2.24. The third-order valence-corrected chi connectivity index (χ3v) is 4.50. The predicted octanol–water partition coefficient (Wildman–Crippen LogP) is 2.43. The van der Waals surface area contributed by atoms with E-state index in [9.17, 15) is 4.79 Å². The van der Waals surface area contributed by atoms with Crippen LogP contribution in [0, 0.1) is 13.8 Å². The van der Waals surface area contributed by atoms with E-state index in [4.69, 9.17) is 4.74 Å². The van der Waals surface area contributed by atoms with Crippen molar-refractivity contribution < 1.29 is 4.74 Å². The molecule has 122 valence electrons.